The van der Waals surface area contributed by atoms with E-state index in [1.165, 1.54) is 0 Å². The second-order valence-electron chi connectivity index (χ2n) is 0.855. The predicted octanol–water partition coefficient (Wildman–Crippen LogP) is -1.99. The normalized spacial score (nSPS) is 10.5. The first-order valence-electron chi connectivity index (χ1n) is 1.37. The predicted molar refractivity (Wildman–Crippen MR) is 24.7 cm³/mol. The van der Waals surface area contributed by atoms with Crippen molar-refractivity contribution in [2.45, 2.75) is 0 Å². The molecule has 0 aliphatic heterocycles. The van der Waals surface area contributed by atoms with Gasteiger partial charge in [0.1, 0.15) is 0 Å². The summed E-state index contributed by atoms with van der Waals surface area (Å²) in [7, 11) is -9.83. The zero-order valence-corrected chi connectivity index (χ0v) is 7.58. The molecule has 75 valence electrons. The summed E-state index contributed by atoms with van der Waals surface area (Å²) in [4.78, 5) is 0. The van der Waals surface area contributed by atoms with Crippen molar-refractivity contribution in [1.29, 1.82) is 0 Å². The van der Waals surface area contributed by atoms with Crippen LogP contribution in [0.4, 0.5) is 0 Å². The molecule has 0 aliphatic rings. The van der Waals surface area contributed by atoms with Crippen LogP contribution in [0.1, 0.15) is 0 Å². The van der Waals surface area contributed by atoms with Gasteiger partial charge in [0.25, 0.3) is 0 Å². The van der Waals surface area contributed by atoms with Crippen LogP contribution in [-0.2, 0) is 43.2 Å². The summed E-state index contributed by atoms with van der Waals surface area (Å²) in [5.41, 5.74) is 0. The average molecular weight is 302 g/mol. The molecule has 0 rings (SSSR count). The van der Waals surface area contributed by atoms with Gasteiger partial charge in [0, 0.05) is 22.4 Å². The molecule has 0 bridgehead atoms. The van der Waals surface area contributed by atoms with E-state index in [4.69, 9.17) is 35.0 Å². The quantitative estimate of drug-likeness (QED) is 0.296. The van der Waals surface area contributed by atoms with E-state index < -0.39 is 20.8 Å². The maximum absolute atomic E-state index is 8.63. The van der Waals surface area contributed by atoms with Gasteiger partial charge in [-0.3, -0.25) is 9.11 Å². The Labute approximate surface area is 78.3 Å². The standard InChI is InChI=1S/Ag.2H2O4S/c;2*1-5(2,3)4/h;2*(H2,1,2,3,4)/p-2. The van der Waals surface area contributed by atoms with Crippen molar-refractivity contribution in [3.05, 3.63) is 0 Å². The van der Waals surface area contributed by atoms with Gasteiger partial charge < -0.3 is 9.11 Å². The fraction of sp³-hybridized carbons (Fsp3) is 0. The zero-order valence-electron chi connectivity index (χ0n) is 4.46. The van der Waals surface area contributed by atoms with E-state index in [0.29, 0.717) is 0 Å². The molecule has 0 atom stereocenters. The summed E-state index contributed by atoms with van der Waals surface area (Å²) in [6.07, 6.45) is 0. The zero-order chi connectivity index (χ0) is 9.00. The second-order valence-corrected chi connectivity index (χ2v) is 2.57. The van der Waals surface area contributed by atoms with Crippen LogP contribution in [-0.4, -0.2) is 35.0 Å². The molecule has 11 heteroatoms. The molecule has 0 amide bonds. The largest absolute Gasteiger partial charge is 0.726 e. The Morgan fingerprint density at radius 1 is 0.818 bits per heavy atom. The van der Waals surface area contributed by atoms with Crippen molar-refractivity contribution in [2.75, 3.05) is 0 Å². The molecule has 0 unspecified atom stereocenters. The third kappa shape index (κ3) is 3270. The van der Waals surface area contributed by atoms with Crippen molar-refractivity contribution in [1.82, 2.24) is 0 Å². The van der Waals surface area contributed by atoms with Crippen molar-refractivity contribution in [3.63, 3.8) is 0 Å². The molecular weight excluding hydrogens is 300 g/mol. The van der Waals surface area contributed by atoms with E-state index in [1.54, 1.807) is 0 Å². The Hall–Kier alpha value is 0.480. The second kappa shape index (κ2) is 6.05. The molecule has 0 saturated carbocycles. The van der Waals surface area contributed by atoms with Crippen molar-refractivity contribution in [2.24, 2.45) is 0 Å². The molecule has 1 radical (unpaired) electrons. The average Bonchev–Trinajstić information content (AvgIpc) is 1.12. The first-order chi connectivity index (χ1) is 4.00. The molecule has 0 saturated heterocycles. The van der Waals surface area contributed by atoms with Gasteiger partial charge >= 0.3 is 0 Å². The minimum Gasteiger partial charge on any atom is -0.726 e. The van der Waals surface area contributed by atoms with Gasteiger partial charge in [-0.2, -0.15) is 0 Å². The third-order valence-electron chi connectivity index (χ3n) is 0. The molecule has 0 heterocycles. The Kier molecular flexibility index (Phi) is 9.64. The van der Waals surface area contributed by atoms with Gasteiger partial charge in [-0.1, -0.05) is 0 Å². The molecule has 8 nitrogen and oxygen atoms in total. The van der Waals surface area contributed by atoms with Crippen LogP contribution in [0.2, 0.25) is 0 Å². The SMILES string of the molecule is O=S(=O)([O-])O.O=S(=O)([O-])O.[Ag]. The minimum atomic E-state index is -4.92. The van der Waals surface area contributed by atoms with Crippen LogP contribution in [0.5, 0.6) is 0 Å². The summed E-state index contributed by atoms with van der Waals surface area (Å²) in [6, 6.07) is 0. The van der Waals surface area contributed by atoms with Crippen molar-refractivity contribution >= 4 is 20.8 Å². The molecule has 0 aromatic rings. The summed E-state index contributed by atoms with van der Waals surface area (Å²) < 4.78 is 65.7. The van der Waals surface area contributed by atoms with E-state index in [9.17, 15) is 0 Å². The molecule has 0 aromatic carbocycles. The smallest absolute Gasteiger partial charge is 0.215 e. The monoisotopic (exact) mass is 301 g/mol. The van der Waals surface area contributed by atoms with Gasteiger partial charge in [0.05, 0.1) is 0 Å². The molecule has 11 heavy (non-hydrogen) atoms. The molecule has 0 fully saturated rings. The van der Waals surface area contributed by atoms with Crippen molar-refractivity contribution < 1.29 is 57.4 Å². The van der Waals surface area contributed by atoms with E-state index in [2.05, 4.69) is 0 Å². The van der Waals surface area contributed by atoms with Crippen LogP contribution in [0, 0.1) is 0 Å². The topological polar surface area (TPSA) is 155 Å². The molecule has 0 aromatic heterocycles. The fourth-order valence-corrected chi connectivity index (χ4v) is 0. The van der Waals surface area contributed by atoms with Gasteiger partial charge in [-0.25, -0.2) is 16.8 Å². The molecular formula is H2AgO8S2-2. The number of hydrogen-bond donors (Lipinski definition) is 2. The maximum atomic E-state index is 8.63. The van der Waals surface area contributed by atoms with Gasteiger partial charge in [0.15, 0.2) is 0 Å². The van der Waals surface area contributed by atoms with Gasteiger partial charge in [0.2, 0.25) is 20.8 Å². The van der Waals surface area contributed by atoms with Crippen LogP contribution < -0.4 is 0 Å². The molecule has 0 aliphatic carbocycles. The molecule has 2 N–H and O–H groups in total. The third-order valence-corrected chi connectivity index (χ3v) is 0. The van der Waals surface area contributed by atoms with E-state index in [1.807, 2.05) is 0 Å². The van der Waals surface area contributed by atoms with Crippen LogP contribution in [0.25, 0.3) is 0 Å². The minimum absolute atomic E-state index is 0. The van der Waals surface area contributed by atoms with Crippen LogP contribution in [0.15, 0.2) is 0 Å². The summed E-state index contributed by atoms with van der Waals surface area (Å²) in [5.74, 6) is 0. The van der Waals surface area contributed by atoms with Crippen LogP contribution >= 0.6 is 0 Å². The van der Waals surface area contributed by atoms with Gasteiger partial charge in [-0.15, -0.1) is 0 Å². The van der Waals surface area contributed by atoms with Gasteiger partial charge in [-0.05, 0) is 0 Å². The van der Waals surface area contributed by atoms with E-state index >= 15 is 0 Å². The Bertz CT molecular complexity index is 208. The summed E-state index contributed by atoms with van der Waals surface area (Å²) in [6.45, 7) is 0. The van der Waals surface area contributed by atoms with E-state index in [-0.39, 0.29) is 22.4 Å². The number of hydrogen-bond acceptors (Lipinski definition) is 6. The first-order valence-corrected chi connectivity index (χ1v) is 4.10. The summed E-state index contributed by atoms with van der Waals surface area (Å²) >= 11 is 0. The number of rotatable bonds is 0. The first kappa shape index (κ1) is 17.5. The Morgan fingerprint density at radius 2 is 0.818 bits per heavy atom. The molecule has 0 spiro atoms. The van der Waals surface area contributed by atoms with E-state index in [0.717, 1.165) is 0 Å². The van der Waals surface area contributed by atoms with Crippen molar-refractivity contribution in [3.8, 4) is 0 Å². The maximum Gasteiger partial charge on any atom is 0.215 e. The Balaban J connectivity index is -0.000000107. The fourth-order valence-electron chi connectivity index (χ4n) is 0. The van der Waals surface area contributed by atoms with Crippen LogP contribution in [0.3, 0.4) is 0 Å². The Morgan fingerprint density at radius 3 is 0.818 bits per heavy atom. The summed E-state index contributed by atoms with van der Waals surface area (Å²) in [5, 5.41) is 0.